The van der Waals surface area contributed by atoms with Crippen LogP contribution < -0.4 is 5.32 Å². The molecule has 3 aromatic rings. The molecule has 2 aromatic carbocycles. The normalized spacial score (nSPS) is 13.9. The first-order valence-electron chi connectivity index (χ1n) is 9.23. The molecule has 2 heterocycles. The van der Waals surface area contributed by atoms with Gasteiger partial charge in [-0.05, 0) is 43.5 Å². The Bertz CT molecular complexity index is 1000. The molecule has 1 aliphatic heterocycles. The van der Waals surface area contributed by atoms with Crippen molar-refractivity contribution in [2.75, 3.05) is 18.4 Å². The first-order chi connectivity index (χ1) is 13.1. The van der Waals surface area contributed by atoms with Crippen LogP contribution in [0, 0.1) is 6.92 Å². The summed E-state index contributed by atoms with van der Waals surface area (Å²) in [5, 5.41) is 8.18. The summed E-state index contributed by atoms with van der Waals surface area (Å²) in [6.07, 6.45) is 2.06. The second-order valence-corrected chi connectivity index (χ2v) is 6.94. The second kappa shape index (κ2) is 7.23. The first kappa shape index (κ1) is 17.3. The number of para-hydroxylation sites is 1. The number of aromatic nitrogens is 2. The molecule has 0 unspecified atom stereocenters. The monoisotopic (exact) mass is 362 g/mol. The number of hydrogen-bond donors (Lipinski definition) is 1. The van der Waals surface area contributed by atoms with E-state index in [1.807, 2.05) is 60.4 Å². The Hall–Kier alpha value is -3.15. The number of likely N-dealkylation sites (tertiary alicyclic amines) is 1. The van der Waals surface area contributed by atoms with Crippen molar-refractivity contribution < 1.29 is 9.59 Å². The maximum absolute atomic E-state index is 12.8. The predicted octanol–water partition coefficient (Wildman–Crippen LogP) is 3.22. The maximum atomic E-state index is 12.8. The van der Waals surface area contributed by atoms with E-state index in [0.717, 1.165) is 48.1 Å². The zero-order valence-corrected chi connectivity index (χ0v) is 15.3. The molecule has 138 valence electrons. The molecule has 0 radical (unpaired) electrons. The average Bonchev–Trinajstić information content (AvgIpc) is 3.30. The summed E-state index contributed by atoms with van der Waals surface area (Å²) < 4.78 is 1.61. The van der Waals surface area contributed by atoms with Crippen molar-refractivity contribution in [2.24, 2.45) is 0 Å². The van der Waals surface area contributed by atoms with E-state index in [-0.39, 0.29) is 18.4 Å². The third-order valence-electron chi connectivity index (χ3n) is 4.85. The molecule has 0 atom stereocenters. The molecule has 0 aliphatic carbocycles. The van der Waals surface area contributed by atoms with Gasteiger partial charge in [0.05, 0.1) is 5.52 Å². The summed E-state index contributed by atoms with van der Waals surface area (Å²) in [7, 11) is 0. The fraction of sp³-hybridized carbons (Fsp3) is 0.286. The van der Waals surface area contributed by atoms with Crippen LogP contribution in [-0.2, 0) is 11.3 Å². The first-order valence-corrected chi connectivity index (χ1v) is 9.23. The summed E-state index contributed by atoms with van der Waals surface area (Å²) in [6.45, 7) is 3.58. The van der Waals surface area contributed by atoms with E-state index in [9.17, 15) is 9.59 Å². The molecule has 2 amide bonds. The minimum atomic E-state index is -0.172. The number of rotatable bonds is 4. The van der Waals surface area contributed by atoms with Gasteiger partial charge >= 0.3 is 0 Å². The van der Waals surface area contributed by atoms with Gasteiger partial charge in [-0.25, -0.2) is 0 Å². The van der Waals surface area contributed by atoms with Crippen LogP contribution in [0.1, 0.15) is 28.9 Å². The van der Waals surface area contributed by atoms with Gasteiger partial charge in [-0.1, -0.05) is 30.3 Å². The van der Waals surface area contributed by atoms with E-state index in [4.69, 9.17) is 0 Å². The predicted molar refractivity (Wildman–Crippen MR) is 105 cm³/mol. The number of nitrogens with zero attached hydrogens (tertiary/aromatic N) is 3. The summed E-state index contributed by atoms with van der Waals surface area (Å²) in [6, 6.07) is 15.2. The minimum absolute atomic E-state index is 0.0541. The lowest BCUT2D eigenvalue weighted by Crippen LogP contribution is -2.28. The van der Waals surface area contributed by atoms with Crippen LogP contribution >= 0.6 is 0 Å². The van der Waals surface area contributed by atoms with Crippen molar-refractivity contribution in [3.05, 3.63) is 59.8 Å². The molecular weight excluding hydrogens is 340 g/mol. The van der Waals surface area contributed by atoms with Crippen molar-refractivity contribution in [2.45, 2.75) is 26.3 Å². The van der Waals surface area contributed by atoms with Gasteiger partial charge in [0.1, 0.15) is 6.54 Å². The molecule has 0 bridgehead atoms. The number of nitrogens with one attached hydrogen (secondary N) is 1. The van der Waals surface area contributed by atoms with Gasteiger partial charge in [0.2, 0.25) is 5.91 Å². The topological polar surface area (TPSA) is 67.2 Å². The zero-order valence-electron chi connectivity index (χ0n) is 15.3. The molecule has 6 heteroatoms. The van der Waals surface area contributed by atoms with Crippen LogP contribution in [-0.4, -0.2) is 39.6 Å². The van der Waals surface area contributed by atoms with E-state index in [0.29, 0.717) is 5.69 Å². The molecule has 1 fully saturated rings. The molecule has 0 saturated carbocycles. The fourth-order valence-electron chi connectivity index (χ4n) is 3.54. The number of fused-ring (bicyclic) bond motifs is 1. The second-order valence-electron chi connectivity index (χ2n) is 6.94. The number of hydrogen-bond acceptors (Lipinski definition) is 3. The van der Waals surface area contributed by atoms with E-state index < -0.39 is 0 Å². The van der Waals surface area contributed by atoms with Gasteiger partial charge in [0, 0.05) is 24.2 Å². The van der Waals surface area contributed by atoms with Gasteiger partial charge < -0.3 is 10.2 Å². The SMILES string of the molecule is Cc1cccc(NC(=O)Cn2nc(C(=O)N3CCCC3)c3ccccc32)c1. The maximum Gasteiger partial charge on any atom is 0.275 e. The standard InChI is InChI=1S/C21H22N4O2/c1-15-7-6-8-16(13-15)22-19(26)14-25-18-10-3-2-9-17(18)20(23-25)21(27)24-11-4-5-12-24/h2-3,6-10,13H,4-5,11-12,14H2,1H3,(H,22,26). The number of aryl methyl sites for hydroxylation is 1. The highest BCUT2D eigenvalue weighted by molar-refractivity contribution is 6.05. The van der Waals surface area contributed by atoms with Crippen molar-refractivity contribution in [1.29, 1.82) is 0 Å². The molecule has 1 aromatic heterocycles. The Labute approximate surface area is 157 Å². The van der Waals surface area contributed by atoms with Gasteiger partial charge in [0.15, 0.2) is 5.69 Å². The number of anilines is 1. The largest absolute Gasteiger partial charge is 0.337 e. The molecule has 1 saturated heterocycles. The number of carbonyl (C=O) groups excluding carboxylic acids is 2. The Morgan fingerprint density at radius 1 is 1.07 bits per heavy atom. The molecule has 6 nitrogen and oxygen atoms in total. The third kappa shape index (κ3) is 3.56. The van der Waals surface area contributed by atoms with E-state index >= 15 is 0 Å². The van der Waals surface area contributed by atoms with Crippen molar-refractivity contribution in [3.8, 4) is 0 Å². The highest BCUT2D eigenvalue weighted by Crippen LogP contribution is 2.22. The van der Waals surface area contributed by atoms with Crippen molar-refractivity contribution in [3.63, 3.8) is 0 Å². The lowest BCUT2D eigenvalue weighted by atomic mass is 10.2. The number of benzene rings is 2. The summed E-state index contributed by atoms with van der Waals surface area (Å²) >= 11 is 0. The van der Waals surface area contributed by atoms with Gasteiger partial charge in [-0.3, -0.25) is 14.3 Å². The highest BCUT2D eigenvalue weighted by Gasteiger charge is 2.25. The van der Waals surface area contributed by atoms with Crippen LogP contribution in [0.3, 0.4) is 0 Å². The van der Waals surface area contributed by atoms with Crippen molar-refractivity contribution >= 4 is 28.4 Å². The summed E-state index contributed by atoms with van der Waals surface area (Å²) in [4.78, 5) is 27.2. The summed E-state index contributed by atoms with van der Waals surface area (Å²) in [5.41, 5.74) is 3.05. The molecule has 4 rings (SSSR count). The van der Waals surface area contributed by atoms with Crippen molar-refractivity contribution in [1.82, 2.24) is 14.7 Å². The molecule has 27 heavy (non-hydrogen) atoms. The van der Waals surface area contributed by atoms with Crippen LogP contribution in [0.25, 0.3) is 10.9 Å². The Balaban J connectivity index is 1.60. The molecule has 1 N–H and O–H groups in total. The minimum Gasteiger partial charge on any atom is -0.337 e. The third-order valence-corrected chi connectivity index (χ3v) is 4.85. The van der Waals surface area contributed by atoms with Crippen LogP contribution in [0.5, 0.6) is 0 Å². The average molecular weight is 362 g/mol. The molecular formula is C21H22N4O2. The number of amides is 2. The lowest BCUT2D eigenvalue weighted by Gasteiger charge is -2.13. The van der Waals surface area contributed by atoms with Gasteiger partial charge in [0.25, 0.3) is 5.91 Å². The van der Waals surface area contributed by atoms with Crippen LogP contribution in [0.4, 0.5) is 5.69 Å². The van der Waals surface area contributed by atoms with E-state index in [1.165, 1.54) is 0 Å². The molecule has 1 aliphatic rings. The smallest absolute Gasteiger partial charge is 0.275 e. The van der Waals surface area contributed by atoms with Crippen LogP contribution in [0.2, 0.25) is 0 Å². The quantitative estimate of drug-likeness (QED) is 0.775. The number of carbonyl (C=O) groups is 2. The highest BCUT2D eigenvalue weighted by atomic mass is 16.2. The Morgan fingerprint density at radius 3 is 2.63 bits per heavy atom. The Kier molecular flexibility index (Phi) is 4.62. The summed E-state index contributed by atoms with van der Waals surface area (Å²) in [5.74, 6) is -0.226. The van der Waals surface area contributed by atoms with E-state index in [1.54, 1.807) is 4.68 Å². The molecule has 0 spiro atoms. The Morgan fingerprint density at radius 2 is 1.85 bits per heavy atom. The fourth-order valence-corrected chi connectivity index (χ4v) is 3.54. The van der Waals surface area contributed by atoms with E-state index in [2.05, 4.69) is 10.4 Å². The van der Waals surface area contributed by atoms with Crippen LogP contribution in [0.15, 0.2) is 48.5 Å². The van der Waals surface area contributed by atoms with Gasteiger partial charge in [-0.2, -0.15) is 5.10 Å². The zero-order chi connectivity index (χ0) is 18.8. The van der Waals surface area contributed by atoms with Gasteiger partial charge in [-0.15, -0.1) is 0 Å². The lowest BCUT2D eigenvalue weighted by molar-refractivity contribution is -0.116.